The number of hydrogen-bond donors (Lipinski definition) is 3. The number of hydrogen-bond acceptors (Lipinski definition) is 5. The van der Waals surface area contributed by atoms with Crippen LogP contribution in [0.25, 0.3) is 0 Å². The molecule has 1 fully saturated rings. The maximum Gasteiger partial charge on any atom is 0.244 e. The van der Waals surface area contributed by atoms with Crippen LogP contribution in [0.1, 0.15) is 38.1 Å². The molecule has 0 aliphatic heterocycles. The van der Waals surface area contributed by atoms with Gasteiger partial charge in [0.05, 0.1) is 17.5 Å². The topological polar surface area (TPSA) is 96.1 Å². The van der Waals surface area contributed by atoms with Gasteiger partial charge in [0.1, 0.15) is 4.90 Å². The lowest BCUT2D eigenvalue weighted by molar-refractivity contribution is -0.00476. The van der Waals surface area contributed by atoms with Crippen LogP contribution in [0.5, 0.6) is 0 Å². The van der Waals surface area contributed by atoms with E-state index in [9.17, 15) is 8.42 Å². The smallest absolute Gasteiger partial charge is 0.244 e. The fraction of sp³-hybridized carbons (Fsp3) is 0.769. The molecule has 8 heteroatoms. The predicted molar refractivity (Wildman–Crippen MR) is 79.5 cm³/mol. The third-order valence-electron chi connectivity index (χ3n) is 3.59. The first-order chi connectivity index (χ1) is 9.97. The number of rotatable bonds is 8. The van der Waals surface area contributed by atoms with E-state index in [2.05, 4.69) is 20.2 Å². The van der Waals surface area contributed by atoms with E-state index in [4.69, 9.17) is 4.74 Å². The second-order valence-corrected chi connectivity index (χ2v) is 6.92. The monoisotopic (exact) mass is 316 g/mol. The van der Waals surface area contributed by atoms with Crippen molar-refractivity contribution in [2.75, 3.05) is 13.2 Å². The fourth-order valence-electron chi connectivity index (χ4n) is 2.50. The van der Waals surface area contributed by atoms with Gasteiger partial charge in [0, 0.05) is 19.2 Å². The van der Waals surface area contributed by atoms with Gasteiger partial charge in [-0.1, -0.05) is 6.92 Å². The average molecular weight is 316 g/mol. The minimum Gasteiger partial charge on any atom is -0.378 e. The Kier molecular flexibility index (Phi) is 5.37. The van der Waals surface area contributed by atoms with Crippen LogP contribution in [0, 0.1) is 6.92 Å². The van der Waals surface area contributed by atoms with Crippen molar-refractivity contribution in [3.05, 3.63) is 11.4 Å². The van der Waals surface area contributed by atoms with Crippen LogP contribution in [-0.4, -0.2) is 43.9 Å². The molecule has 1 aliphatic rings. The zero-order valence-electron chi connectivity index (χ0n) is 12.8. The van der Waals surface area contributed by atoms with E-state index >= 15 is 0 Å². The van der Waals surface area contributed by atoms with Gasteiger partial charge in [-0.15, -0.1) is 0 Å². The van der Waals surface area contributed by atoms with E-state index < -0.39 is 10.0 Å². The molecule has 0 atom stereocenters. The van der Waals surface area contributed by atoms with Crippen LogP contribution in [-0.2, 0) is 21.3 Å². The number of nitrogens with one attached hydrogen (secondary N) is 3. The Hall–Kier alpha value is -0.960. The van der Waals surface area contributed by atoms with E-state index in [-0.39, 0.29) is 17.0 Å². The maximum absolute atomic E-state index is 12.5. The molecule has 1 saturated carbocycles. The maximum atomic E-state index is 12.5. The molecule has 0 saturated heterocycles. The molecule has 3 N–H and O–H groups in total. The van der Waals surface area contributed by atoms with Gasteiger partial charge in [-0.05, 0) is 33.2 Å². The largest absolute Gasteiger partial charge is 0.378 e. The average Bonchev–Trinajstić information content (AvgIpc) is 2.75. The molecule has 0 spiro atoms. The van der Waals surface area contributed by atoms with Gasteiger partial charge >= 0.3 is 0 Å². The summed E-state index contributed by atoms with van der Waals surface area (Å²) in [5.41, 5.74) is 1.10. The van der Waals surface area contributed by atoms with E-state index in [1.165, 1.54) is 0 Å². The van der Waals surface area contributed by atoms with Crippen LogP contribution < -0.4 is 10.0 Å². The lowest BCUT2D eigenvalue weighted by Gasteiger charge is -2.35. The van der Waals surface area contributed by atoms with Crippen LogP contribution in [0.2, 0.25) is 0 Å². The molecular formula is C13H24N4O3S. The molecule has 7 nitrogen and oxygen atoms in total. The van der Waals surface area contributed by atoms with Crippen LogP contribution in [0.3, 0.4) is 0 Å². The van der Waals surface area contributed by atoms with Gasteiger partial charge < -0.3 is 10.1 Å². The van der Waals surface area contributed by atoms with Crippen molar-refractivity contribution >= 4 is 10.0 Å². The number of H-pyrrole nitrogens is 1. The number of aryl methyl sites for hydroxylation is 1. The Balaban J connectivity index is 2.04. The Morgan fingerprint density at radius 2 is 2.10 bits per heavy atom. The molecule has 0 amide bonds. The molecule has 2 rings (SSSR count). The first kappa shape index (κ1) is 16.4. The standard InChI is InChI=1S/C13H24N4O3S/c1-4-14-8-12-13(9(3)15-16-12)21(18,19)17-10-6-11(7-10)20-5-2/h10-11,14,17H,4-8H2,1-3H3,(H,15,16). The molecule has 0 aromatic carbocycles. The van der Waals surface area contributed by atoms with Gasteiger partial charge in [-0.3, -0.25) is 5.10 Å². The van der Waals surface area contributed by atoms with E-state index in [0.29, 0.717) is 24.5 Å². The highest BCUT2D eigenvalue weighted by Gasteiger charge is 2.35. The molecular weight excluding hydrogens is 292 g/mol. The third-order valence-corrected chi connectivity index (χ3v) is 5.31. The van der Waals surface area contributed by atoms with E-state index in [1.807, 2.05) is 13.8 Å². The zero-order valence-corrected chi connectivity index (χ0v) is 13.6. The van der Waals surface area contributed by atoms with Gasteiger partial charge in [0.15, 0.2) is 0 Å². The molecule has 120 valence electrons. The summed E-state index contributed by atoms with van der Waals surface area (Å²) in [7, 11) is -3.55. The van der Waals surface area contributed by atoms with Crippen molar-refractivity contribution in [3.8, 4) is 0 Å². The summed E-state index contributed by atoms with van der Waals surface area (Å²) in [4.78, 5) is 0.267. The van der Waals surface area contributed by atoms with Crippen molar-refractivity contribution in [2.24, 2.45) is 0 Å². The quantitative estimate of drug-likeness (QED) is 0.655. The summed E-state index contributed by atoms with van der Waals surface area (Å²) in [6.45, 7) is 7.49. The first-order valence-electron chi connectivity index (χ1n) is 7.36. The number of aromatic amines is 1. The summed E-state index contributed by atoms with van der Waals surface area (Å²) in [6, 6.07) is -0.0483. The normalized spacial score (nSPS) is 22.2. The van der Waals surface area contributed by atoms with Gasteiger partial charge in [-0.25, -0.2) is 13.1 Å². The van der Waals surface area contributed by atoms with Crippen molar-refractivity contribution in [1.82, 2.24) is 20.2 Å². The minimum atomic E-state index is -3.55. The number of ether oxygens (including phenoxy) is 1. The molecule has 0 unspecified atom stereocenters. The molecule has 1 aromatic heterocycles. The first-order valence-corrected chi connectivity index (χ1v) is 8.84. The highest BCUT2D eigenvalue weighted by Crippen LogP contribution is 2.26. The van der Waals surface area contributed by atoms with Crippen molar-refractivity contribution in [1.29, 1.82) is 0 Å². The SMILES string of the molecule is CCNCc1n[nH]c(C)c1S(=O)(=O)NC1CC(OCC)C1. The lowest BCUT2D eigenvalue weighted by atomic mass is 9.90. The van der Waals surface area contributed by atoms with Gasteiger partial charge in [0.25, 0.3) is 0 Å². The van der Waals surface area contributed by atoms with Gasteiger partial charge in [-0.2, -0.15) is 5.10 Å². The molecule has 1 aliphatic carbocycles. The van der Waals surface area contributed by atoms with Crippen molar-refractivity contribution in [2.45, 2.75) is 57.2 Å². The summed E-state index contributed by atoms with van der Waals surface area (Å²) < 4.78 is 33.2. The van der Waals surface area contributed by atoms with Crippen LogP contribution in [0.15, 0.2) is 4.90 Å². The Morgan fingerprint density at radius 3 is 2.71 bits per heavy atom. The van der Waals surface area contributed by atoms with Crippen molar-refractivity contribution < 1.29 is 13.2 Å². The Morgan fingerprint density at radius 1 is 1.38 bits per heavy atom. The van der Waals surface area contributed by atoms with Gasteiger partial charge in [0.2, 0.25) is 10.0 Å². The fourth-order valence-corrected chi connectivity index (χ4v) is 4.13. The second-order valence-electron chi connectivity index (χ2n) is 5.27. The molecule has 0 radical (unpaired) electrons. The van der Waals surface area contributed by atoms with Crippen molar-refractivity contribution in [3.63, 3.8) is 0 Å². The Bertz CT molecular complexity index is 564. The lowest BCUT2D eigenvalue weighted by Crippen LogP contribution is -2.47. The second kappa shape index (κ2) is 6.87. The van der Waals surface area contributed by atoms with Crippen LogP contribution in [0.4, 0.5) is 0 Å². The highest BCUT2D eigenvalue weighted by atomic mass is 32.2. The predicted octanol–water partition coefficient (Wildman–Crippen LogP) is 0.673. The summed E-state index contributed by atoms with van der Waals surface area (Å²) in [5.74, 6) is 0. The minimum absolute atomic E-state index is 0.0483. The molecule has 0 bridgehead atoms. The summed E-state index contributed by atoms with van der Waals surface area (Å²) in [6.07, 6.45) is 1.63. The number of nitrogens with zero attached hydrogens (tertiary/aromatic N) is 1. The molecule has 1 aromatic rings. The highest BCUT2D eigenvalue weighted by molar-refractivity contribution is 7.89. The third kappa shape index (κ3) is 3.82. The summed E-state index contributed by atoms with van der Waals surface area (Å²) >= 11 is 0. The Labute approximate surface area is 125 Å². The molecule has 21 heavy (non-hydrogen) atoms. The molecule has 1 heterocycles. The summed E-state index contributed by atoms with van der Waals surface area (Å²) in [5, 5.41) is 9.94. The number of aromatic nitrogens is 2. The van der Waals surface area contributed by atoms with E-state index in [1.54, 1.807) is 6.92 Å². The van der Waals surface area contributed by atoms with E-state index in [0.717, 1.165) is 19.4 Å². The van der Waals surface area contributed by atoms with Crippen LogP contribution >= 0.6 is 0 Å². The zero-order chi connectivity index (χ0) is 15.5. The number of sulfonamides is 1.